The number of furan rings is 1. The number of amides is 1. The van der Waals surface area contributed by atoms with Gasteiger partial charge in [-0.25, -0.2) is 9.67 Å². The predicted octanol–water partition coefficient (Wildman–Crippen LogP) is 3.89. The molecule has 0 saturated carbocycles. The minimum Gasteiger partial charge on any atom is -0.497 e. The van der Waals surface area contributed by atoms with E-state index in [0.717, 1.165) is 28.0 Å². The van der Waals surface area contributed by atoms with Gasteiger partial charge in [0.1, 0.15) is 23.8 Å². The summed E-state index contributed by atoms with van der Waals surface area (Å²) in [6.07, 6.45) is 3.32. The van der Waals surface area contributed by atoms with Gasteiger partial charge in [-0.15, -0.1) is 0 Å². The Morgan fingerprint density at radius 2 is 2.06 bits per heavy atom. The first-order chi connectivity index (χ1) is 15.0. The summed E-state index contributed by atoms with van der Waals surface area (Å²) in [5.41, 5.74) is 3.14. The number of hydrogen-bond acceptors (Lipinski definition) is 6. The van der Waals surface area contributed by atoms with Crippen LogP contribution in [-0.4, -0.2) is 34.9 Å². The Labute approximate surface area is 179 Å². The van der Waals surface area contributed by atoms with Gasteiger partial charge < -0.3 is 19.2 Å². The second-order valence-corrected chi connectivity index (χ2v) is 7.17. The maximum Gasteiger partial charge on any atom is 0.242 e. The largest absolute Gasteiger partial charge is 0.497 e. The van der Waals surface area contributed by atoms with Crippen molar-refractivity contribution >= 4 is 16.9 Å². The van der Waals surface area contributed by atoms with Gasteiger partial charge in [0.2, 0.25) is 5.91 Å². The van der Waals surface area contributed by atoms with Gasteiger partial charge in [0.15, 0.2) is 5.65 Å². The molecule has 1 N–H and O–H groups in total. The lowest BCUT2D eigenvalue weighted by Gasteiger charge is -2.18. The Morgan fingerprint density at radius 1 is 1.23 bits per heavy atom. The molecule has 1 atom stereocenters. The van der Waals surface area contributed by atoms with Crippen molar-refractivity contribution in [3.63, 3.8) is 0 Å². The molecule has 0 bridgehead atoms. The maximum atomic E-state index is 12.8. The Bertz CT molecular complexity index is 1210. The number of pyridine rings is 1. The second-order valence-electron chi connectivity index (χ2n) is 7.17. The zero-order valence-electron chi connectivity index (χ0n) is 17.9. The molecule has 0 saturated heterocycles. The fraction of sp³-hybridized carbons (Fsp3) is 0.261. The van der Waals surface area contributed by atoms with Gasteiger partial charge in [-0.1, -0.05) is 0 Å². The Kier molecular flexibility index (Phi) is 5.62. The van der Waals surface area contributed by atoms with E-state index in [4.69, 9.17) is 13.9 Å². The van der Waals surface area contributed by atoms with Crippen molar-refractivity contribution in [2.75, 3.05) is 14.2 Å². The number of aryl methyl sites for hydroxylation is 1. The summed E-state index contributed by atoms with van der Waals surface area (Å²) in [6, 6.07) is 10.8. The predicted molar refractivity (Wildman–Crippen MR) is 116 cm³/mol. The molecule has 0 aliphatic carbocycles. The first-order valence-corrected chi connectivity index (χ1v) is 9.89. The fourth-order valence-electron chi connectivity index (χ4n) is 3.71. The van der Waals surface area contributed by atoms with E-state index in [2.05, 4.69) is 15.4 Å². The van der Waals surface area contributed by atoms with Crippen molar-refractivity contribution in [1.29, 1.82) is 0 Å². The lowest BCUT2D eigenvalue weighted by Crippen LogP contribution is -2.30. The quantitative estimate of drug-likeness (QED) is 0.488. The number of nitrogens with zero attached hydrogens (tertiary/aromatic N) is 3. The van der Waals surface area contributed by atoms with Crippen LogP contribution in [0.25, 0.3) is 22.4 Å². The van der Waals surface area contributed by atoms with Gasteiger partial charge in [0.05, 0.1) is 37.6 Å². The minimum absolute atomic E-state index is 0.0373. The summed E-state index contributed by atoms with van der Waals surface area (Å²) in [6.45, 7) is 3.83. The molecule has 8 nitrogen and oxygen atoms in total. The molecule has 4 rings (SSSR count). The average molecular weight is 420 g/mol. The molecule has 1 unspecified atom stereocenters. The smallest absolute Gasteiger partial charge is 0.242 e. The first kappa shape index (κ1) is 20.5. The van der Waals surface area contributed by atoms with E-state index >= 15 is 0 Å². The molecule has 31 heavy (non-hydrogen) atoms. The number of carbonyl (C=O) groups is 1. The van der Waals surface area contributed by atoms with Crippen molar-refractivity contribution in [2.24, 2.45) is 0 Å². The second kappa shape index (κ2) is 8.51. The normalized spacial score (nSPS) is 12.0. The van der Waals surface area contributed by atoms with Gasteiger partial charge in [-0.3, -0.25) is 4.79 Å². The van der Waals surface area contributed by atoms with Crippen molar-refractivity contribution < 1.29 is 18.7 Å². The third-order valence-corrected chi connectivity index (χ3v) is 5.17. The molecule has 0 aliphatic rings. The summed E-state index contributed by atoms with van der Waals surface area (Å²) in [5.74, 6) is 1.92. The van der Waals surface area contributed by atoms with E-state index in [0.29, 0.717) is 17.1 Å². The van der Waals surface area contributed by atoms with Gasteiger partial charge >= 0.3 is 0 Å². The zero-order valence-corrected chi connectivity index (χ0v) is 17.9. The van der Waals surface area contributed by atoms with Crippen molar-refractivity contribution in [2.45, 2.75) is 26.4 Å². The summed E-state index contributed by atoms with van der Waals surface area (Å²) in [5, 5.41) is 8.42. The lowest BCUT2D eigenvalue weighted by molar-refractivity contribution is -0.122. The number of rotatable bonds is 7. The Hall–Kier alpha value is -3.81. The summed E-state index contributed by atoms with van der Waals surface area (Å²) in [7, 11) is 3.20. The molecule has 8 heteroatoms. The van der Waals surface area contributed by atoms with E-state index < -0.39 is 0 Å². The molecule has 160 valence electrons. The zero-order chi connectivity index (χ0) is 22.0. The highest BCUT2D eigenvalue weighted by Crippen LogP contribution is 2.31. The van der Waals surface area contributed by atoms with Crippen molar-refractivity contribution in [1.82, 2.24) is 20.1 Å². The number of fused-ring (bicyclic) bond motifs is 1. The lowest BCUT2D eigenvalue weighted by atomic mass is 10.1. The highest BCUT2D eigenvalue weighted by atomic mass is 16.5. The minimum atomic E-state index is -0.285. The van der Waals surface area contributed by atoms with Gasteiger partial charge in [-0.2, -0.15) is 5.10 Å². The first-order valence-electron chi connectivity index (χ1n) is 9.89. The third kappa shape index (κ3) is 3.96. The Morgan fingerprint density at radius 3 is 2.77 bits per heavy atom. The van der Waals surface area contributed by atoms with Gasteiger partial charge in [-0.05, 0) is 50.2 Å². The van der Waals surface area contributed by atoms with Crippen LogP contribution in [0, 0.1) is 6.92 Å². The third-order valence-electron chi connectivity index (χ3n) is 5.17. The van der Waals surface area contributed by atoms with E-state index in [9.17, 15) is 4.79 Å². The summed E-state index contributed by atoms with van der Waals surface area (Å²) < 4.78 is 17.9. The number of hydrogen-bond donors (Lipinski definition) is 1. The van der Waals surface area contributed by atoms with Crippen LogP contribution >= 0.6 is 0 Å². The molecule has 0 aliphatic heterocycles. The molecule has 4 aromatic rings. The number of benzene rings is 1. The number of methoxy groups -OCH3 is 2. The maximum absolute atomic E-state index is 12.8. The van der Waals surface area contributed by atoms with Crippen LogP contribution in [-0.2, 0) is 11.3 Å². The number of ether oxygens (including phenoxy) is 2. The fourth-order valence-corrected chi connectivity index (χ4v) is 3.71. The van der Waals surface area contributed by atoms with Crippen LogP contribution in [0.3, 0.4) is 0 Å². The van der Waals surface area contributed by atoms with Crippen LogP contribution in [0.1, 0.15) is 24.2 Å². The van der Waals surface area contributed by atoms with Crippen LogP contribution in [0.2, 0.25) is 0 Å². The SMILES string of the molecule is COc1ccc(OC)c(C(C)NC(=O)Cn2nc(C)c3c(-c4ccco4)ccnc32)c1. The van der Waals surface area contributed by atoms with Crippen LogP contribution in [0.15, 0.2) is 53.3 Å². The van der Waals surface area contributed by atoms with Crippen LogP contribution in [0.5, 0.6) is 11.5 Å². The van der Waals surface area contributed by atoms with E-state index in [1.54, 1.807) is 31.4 Å². The molecule has 0 radical (unpaired) electrons. The molecule has 1 amide bonds. The van der Waals surface area contributed by atoms with Crippen molar-refractivity contribution in [3.05, 3.63) is 60.1 Å². The Balaban J connectivity index is 1.58. The summed E-state index contributed by atoms with van der Waals surface area (Å²) in [4.78, 5) is 17.3. The monoisotopic (exact) mass is 420 g/mol. The van der Waals surface area contributed by atoms with Gasteiger partial charge in [0.25, 0.3) is 0 Å². The van der Waals surface area contributed by atoms with E-state index in [1.165, 1.54) is 0 Å². The number of carbonyl (C=O) groups excluding carboxylic acids is 1. The molecular formula is C23H24N4O4. The highest BCUT2D eigenvalue weighted by molar-refractivity contribution is 5.93. The molecule has 0 fully saturated rings. The van der Waals surface area contributed by atoms with E-state index in [-0.39, 0.29) is 18.5 Å². The summed E-state index contributed by atoms with van der Waals surface area (Å²) >= 11 is 0. The molecule has 3 heterocycles. The number of nitrogens with one attached hydrogen (secondary N) is 1. The average Bonchev–Trinajstić information content (AvgIpc) is 3.42. The van der Waals surface area contributed by atoms with Crippen LogP contribution in [0.4, 0.5) is 0 Å². The molecule has 3 aromatic heterocycles. The molecule has 0 spiro atoms. The van der Waals surface area contributed by atoms with Gasteiger partial charge in [0, 0.05) is 17.3 Å². The molecule has 1 aromatic carbocycles. The van der Waals surface area contributed by atoms with Crippen LogP contribution < -0.4 is 14.8 Å². The standard InChI is InChI=1S/C23H24N4O4/c1-14(18-12-16(29-3)7-8-19(18)30-4)25-21(28)13-27-23-22(15(2)26-27)17(9-10-24-23)20-6-5-11-31-20/h5-12,14H,13H2,1-4H3,(H,25,28). The van der Waals surface area contributed by atoms with E-state index in [1.807, 2.05) is 50.2 Å². The topological polar surface area (TPSA) is 91.4 Å². The molecular weight excluding hydrogens is 396 g/mol. The highest BCUT2D eigenvalue weighted by Gasteiger charge is 2.19. The van der Waals surface area contributed by atoms with Crippen molar-refractivity contribution in [3.8, 4) is 22.8 Å². The number of aromatic nitrogens is 3.